The number of nitrogens with zero attached hydrogens (tertiary/aromatic N) is 1. The summed E-state index contributed by atoms with van der Waals surface area (Å²) in [6.07, 6.45) is -4.23. The summed E-state index contributed by atoms with van der Waals surface area (Å²) in [5.41, 5.74) is -1.25. The smallest absolute Gasteiger partial charge is 0.367 e. The number of allylic oxidation sites excluding steroid dienone is 1. The van der Waals surface area contributed by atoms with Gasteiger partial charge in [0.05, 0.1) is 19.2 Å². The quantitative estimate of drug-likeness (QED) is 0.651. The van der Waals surface area contributed by atoms with E-state index < -0.39 is 11.8 Å². The van der Waals surface area contributed by atoms with Crippen molar-refractivity contribution in [2.75, 3.05) is 13.2 Å². The van der Waals surface area contributed by atoms with E-state index in [9.17, 15) is 13.2 Å². The maximum absolute atomic E-state index is 12.7. The molecular weight excluding hydrogens is 195 g/mol. The third kappa shape index (κ3) is 1.15. The average Bonchev–Trinajstić information content (AvgIpc) is 2.59. The van der Waals surface area contributed by atoms with Gasteiger partial charge in [0.15, 0.2) is 5.60 Å². The van der Waals surface area contributed by atoms with E-state index in [4.69, 9.17) is 4.74 Å². The van der Waals surface area contributed by atoms with E-state index in [1.807, 2.05) is 0 Å². The molecule has 2 aliphatic heterocycles. The van der Waals surface area contributed by atoms with Crippen molar-refractivity contribution < 1.29 is 17.9 Å². The monoisotopic (exact) mass is 207 g/mol. The predicted molar refractivity (Wildman–Crippen MR) is 44.7 cm³/mol. The zero-order valence-electron chi connectivity index (χ0n) is 7.90. The molecule has 2 heterocycles. The van der Waals surface area contributed by atoms with E-state index >= 15 is 0 Å². The number of halogens is 3. The molecule has 2 fully saturated rings. The molecule has 0 aliphatic carbocycles. The Morgan fingerprint density at radius 1 is 1.57 bits per heavy atom. The first-order valence-electron chi connectivity index (χ1n) is 4.48. The van der Waals surface area contributed by atoms with E-state index in [2.05, 4.69) is 6.58 Å². The highest BCUT2D eigenvalue weighted by molar-refractivity contribution is 5.12. The van der Waals surface area contributed by atoms with Crippen LogP contribution >= 0.6 is 0 Å². The Labute approximate surface area is 80.3 Å². The van der Waals surface area contributed by atoms with Crippen LogP contribution in [0.15, 0.2) is 12.3 Å². The highest BCUT2D eigenvalue weighted by atomic mass is 19.4. The van der Waals surface area contributed by atoms with Crippen molar-refractivity contribution in [1.29, 1.82) is 0 Å². The molecule has 0 aromatic rings. The van der Waals surface area contributed by atoms with E-state index in [0.717, 1.165) is 0 Å². The van der Waals surface area contributed by atoms with Gasteiger partial charge in [0.2, 0.25) is 0 Å². The first-order chi connectivity index (χ1) is 6.36. The minimum Gasteiger partial charge on any atom is -0.367 e. The first-order valence-corrected chi connectivity index (χ1v) is 4.48. The van der Waals surface area contributed by atoms with E-state index in [1.165, 1.54) is 0 Å². The van der Waals surface area contributed by atoms with Gasteiger partial charge in [-0.2, -0.15) is 13.2 Å². The molecule has 5 heteroatoms. The molecule has 0 aromatic carbocycles. The van der Waals surface area contributed by atoms with Gasteiger partial charge in [-0.1, -0.05) is 6.58 Å². The third-order valence-electron chi connectivity index (χ3n) is 2.99. The highest BCUT2D eigenvalue weighted by Crippen LogP contribution is 2.48. The summed E-state index contributed by atoms with van der Waals surface area (Å²) in [5.74, 6) is 0. The number of morpholine rings is 1. The molecule has 80 valence electrons. The van der Waals surface area contributed by atoms with Crippen molar-refractivity contribution >= 4 is 0 Å². The SMILES string of the molecule is C=C(C)N1CC2(C(F)(F)F)CC1CO2. The summed E-state index contributed by atoms with van der Waals surface area (Å²) in [7, 11) is 0. The molecule has 0 radical (unpaired) electrons. The van der Waals surface area contributed by atoms with Gasteiger partial charge in [0, 0.05) is 12.1 Å². The summed E-state index contributed by atoms with van der Waals surface area (Å²) in [6.45, 7) is 5.46. The van der Waals surface area contributed by atoms with Crippen molar-refractivity contribution in [1.82, 2.24) is 4.90 Å². The second-order valence-corrected chi connectivity index (χ2v) is 4.02. The van der Waals surface area contributed by atoms with Gasteiger partial charge >= 0.3 is 6.18 Å². The summed E-state index contributed by atoms with van der Waals surface area (Å²) < 4.78 is 43.0. The fourth-order valence-corrected chi connectivity index (χ4v) is 2.20. The minimum absolute atomic E-state index is 0.0450. The van der Waals surface area contributed by atoms with Gasteiger partial charge in [-0.25, -0.2) is 0 Å². The predicted octanol–water partition coefficient (Wildman–Crippen LogP) is 1.93. The van der Waals surface area contributed by atoms with Gasteiger partial charge in [-0.15, -0.1) is 0 Å². The molecule has 2 saturated heterocycles. The lowest BCUT2D eigenvalue weighted by atomic mass is 10.0. The second-order valence-electron chi connectivity index (χ2n) is 4.02. The Hall–Kier alpha value is -0.710. The molecule has 0 saturated carbocycles. The molecule has 2 nitrogen and oxygen atoms in total. The number of hydrogen-bond acceptors (Lipinski definition) is 2. The molecule has 0 N–H and O–H groups in total. The van der Waals surface area contributed by atoms with Gasteiger partial charge in [-0.3, -0.25) is 0 Å². The molecule has 0 aromatic heterocycles. The molecule has 2 rings (SSSR count). The number of ether oxygens (including phenoxy) is 1. The van der Waals surface area contributed by atoms with Crippen molar-refractivity contribution in [3.8, 4) is 0 Å². The fraction of sp³-hybridized carbons (Fsp3) is 0.778. The van der Waals surface area contributed by atoms with Crippen LogP contribution in [0.5, 0.6) is 0 Å². The highest BCUT2D eigenvalue weighted by Gasteiger charge is 2.65. The standard InChI is InChI=1S/C9H12F3NO/c1-6(2)13-5-8(9(10,11)12)3-7(13)4-14-8/h7H,1,3-5H2,2H3. The number of likely N-dealkylation sites (tertiary alicyclic amines) is 1. The normalized spacial score (nSPS) is 36.6. The molecule has 2 aliphatic rings. The lowest BCUT2D eigenvalue weighted by Gasteiger charge is -2.35. The Kier molecular flexibility index (Phi) is 1.86. The van der Waals surface area contributed by atoms with Gasteiger partial charge in [0.1, 0.15) is 0 Å². The number of alkyl halides is 3. The number of fused-ring (bicyclic) bond motifs is 2. The minimum atomic E-state index is -4.27. The molecule has 2 unspecified atom stereocenters. The second kappa shape index (κ2) is 2.66. The van der Waals surface area contributed by atoms with Crippen LogP contribution in [0, 0.1) is 0 Å². The van der Waals surface area contributed by atoms with Crippen molar-refractivity contribution in [3.05, 3.63) is 12.3 Å². The van der Waals surface area contributed by atoms with Crippen LogP contribution in [-0.2, 0) is 4.74 Å². The van der Waals surface area contributed by atoms with Crippen LogP contribution in [-0.4, -0.2) is 35.9 Å². The van der Waals surface area contributed by atoms with Crippen LogP contribution in [0.2, 0.25) is 0 Å². The maximum atomic E-state index is 12.7. The Morgan fingerprint density at radius 3 is 2.57 bits per heavy atom. The van der Waals surface area contributed by atoms with Crippen molar-refractivity contribution in [2.24, 2.45) is 0 Å². The Bertz CT molecular complexity index is 276. The lowest BCUT2D eigenvalue weighted by Crippen LogP contribution is -2.50. The van der Waals surface area contributed by atoms with Crippen LogP contribution in [0.4, 0.5) is 13.2 Å². The lowest BCUT2D eigenvalue weighted by molar-refractivity contribution is -0.265. The van der Waals surface area contributed by atoms with Crippen LogP contribution in [0.1, 0.15) is 13.3 Å². The zero-order chi connectivity index (χ0) is 10.6. The Balaban J connectivity index is 2.23. The Morgan fingerprint density at radius 2 is 2.21 bits per heavy atom. The first kappa shape index (κ1) is 9.83. The third-order valence-corrected chi connectivity index (χ3v) is 2.99. The summed E-state index contributed by atoms with van der Waals surface area (Å²) in [4.78, 5) is 1.69. The van der Waals surface area contributed by atoms with Gasteiger partial charge in [-0.05, 0) is 6.92 Å². The number of rotatable bonds is 1. The van der Waals surface area contributed by atoms with Gasteiger partial charge in [0.25, 0.3) is 0 Å². The maximum Gasteiger partial charge on any atom is 0.419 e. The molecule has 2 atom stereocenters. The van der Waals surface area contributed by atoms with Crippen LogP contribution < -0.4 is 0 Å². The number of hydrogen-bond donors (Lipinski definition) is 0. The van der Waals surface area contributed by atoms with E-state index in [1.54, 1.807) is 11.8 Å². The van der Waals surface area contributed by atoms with Crippen molar-refractivity contribution in [2.45, 2.75) is 31.2 Å². The van der Waals surface area contributed by atoms with Crippen LogP contribution in [0.3, 0.4) is 0 Å². The average molecular weight is 207 g/mol. The van der Waals surface area contributed by atoms with E-state index in [0.29, 0.717) is 5.70 Å². The molecule has 0 spiro atoms. The van der Waals surface area contributed by atoms with E-state index in [-0.39, 0.29) is 25.6 Å². The topological polar surface area (TPSA) is 12.5 Å². The summed E-state index contributed by atoms with van der Waals surface area (Å²) in [5, 5.41) is 0. The fourth-order valence-electron chi connectivity index (χ4n) is 2.20. The summed E-state index contributed by atoms with van der Waals surface area (Å²) in [6, 6.07) is -0.144. The zero-order valence-corrected chi connectivity index (χ0v) is 7.90. The molecular formula is C9H12F3NO. The van der Waals surface area contributed by atoms with Gasteiger partial charge < -0.3 is 9.64 Å². The summed E-state index contributed by atoms with van der Waals surface area (Å²) >= 11 is 0. The van der Waals surface area contributed by atoms with Crippen LogP contribution in [0.25, 0.3) is 0 Å². The van der Waals surface area contributed by atoms with Crippen molar-refractivity contribution in [3.63, 3.8) is 0 Å². The largest absolute Gasteiger partial charge is 0.419 e. The molecule has 0 amide bonds. The molecule has 2 bridgehead atoms. The molecule has 14 heavy (non-hydrogen) atoms.